The van der Waals surface area contributed by atoms with Gasteiger partial charge in [0.15, 0.2) is 6.61 Å². The predicted octanol–water partition coefficient (Wildman–Crippen LogP) is 4.49. The summed E-state index contributed by atoms with van der Waals surface area (Å²) in [6.07, 6.45) is -4.07. The second kappa shape index (κ2) is 9.61. The Morgan fingerprint density at radius 2 is 2.00 bits per heavy atom. The highest BCUT2D eigenvalue weighted by Gasteiger charge is 2.29. The molecule has 0 spiro atoms. The molecular formula is C17H16ClF3N2O3S. The van der Waals surface area contributed by atoms with E-state index >= 15 is 0 Å². The van der Waals surface area contributed by atoms with Crippen LogP contribution in [-0.4, -0.2) is 31.1 Å². The molecule has 0 radical (unpaired) electrons. The smallest absolute Gasteiger partial charge is 0.422 e. The third-order valence-electron chi connectivity index (χ3n) is 3.26. The Labute approximate surface area is 162 Å². The largest absolute Gasteiger partial charge is 0.482 e. The fraction of sp³-hybridized carbons (Fsp3) is 0.294. The number of anilines is 1. The number of hydrogen-bond donors (Lipinski definition) is 2. The minimum Gasteiger partial charge on any atom is -0.482 e. The van der Waals surface area contributed by atoms with E-state index in [1.807, 2.05) is 0 Å². The summed E-state index contributed by atoms with van der Waals surface area (Å²) < 4.78 is 41.6. The zero-order valence-electron chi connectivity index (χ0n) is 13.9. The van der Waals surface area contributed by atoms with Crippen molar-refractivity contribution in [1.82, 2.24) is 5.32 Å². The van der Waals surface area contributed by atoms with E-state index in [0.717, 1.165) is 0 Å². The number of rotatable bonds is 8. The minimum absolute atomic E-state index is 0.0547. The second-order valence-corrected chi connectivity index (χ2v) is 6.68. The fourth-order valence-corrected chi connectivity index (χ4v) is 2.85. The highest BCUT2D eigenvalue weighted by atomic mass is 35.5. The van der Waals surface area contributed by atoms with Crippen molar-refractivity contribution in [2.24, 2.45) is 0 Å². The first-order valence-electron chi connectivity index (χ1n) is 7.84. The molecule has 27 heavy (non-hydrogen) atoms. The topological polar surface area (TPSA) is 67.4 Å². The maximum Gasteiger partial charge on any atom is 0.422 e. The van der Waals surface area contributed by atoms with Crippen molar-refractivity contribution in [3.63, 3.8) is 0 Å². The van der Waals surface area contributed by atoms with Crippen LogP contribution in [0.3, 0.4) is 0 Å². The molecule has 0 saturated carbocycles. The molecule has 0 atom stereocenters. The third-order valence-corrected chi connectivity index (χ3v) is 4.17. The Morgan fingerprint density at radius 3 is 2.67 bits per heavy atom. The summed E-state index contributed by atoms with van der Waals surface area (Å²) in [6.45, 7) is -1.19. The van der Waals surface area contributed by atoms with Gasteiger partial charge in [-0.3, -0.25) is 9.59 Å². The maximum atomic E-state index is 12.3. The number of halogens is 4. The van der Waals surface area contributed by atoms with Crippen molar-refractivity contribution >= 4 is 40.4 Å². The average Bonchev–Trinajstić information content (AvgIpc) is 3.11. The molecule has 0 aliphatic carbocycles. The van der Waals surface area contributed by atoms with Crippen molar-refractivity contribution in [2.75, 3.05) is 18.5 Å². The highest BCUT2D eigenvalue weighted by Crippen LogP contribution is 2.29. The molecule has 2 amide bonds. The first kappa shape index (κ1) is 21.0. The molecule has 0 aliphatic rings. The molecule has 146 valence electrons. The maximum absolute atomic E-state index is 12.3. The van der Waals surface area contributed by atoms with Crippen molar-refractivity contribution in [2.45, 2.75) is 19.0 Å². The van der Waals surface area contributed by atoms with E-state index in [4.69, 9.17) is 16.3 Å². The van der Waals surface area contributed by atoms with Gasteiger partial charge >= 0.3 is 6.18 Å². The number of alkyl halides is 3. The first-order chi connectivity index (χ1) is 12.7. The van der Waals surface area contributed by atoms with Gasteiger partial charge in [-0.1, -0.05) is 11.6 Å². The molecule has 10 heteroatoms. The highest BCUT2D eigenvalue weighted by molar-refractivity contribution is 7.08. The van der Waals surface area contributed by atoms with Crippen LogP contribution in [0.5, 0.6) is 5.75 Å². The lowest BCUT2D eigenvalue weighted by molar-refractivity contribution is -0.153. The van der Waals surface area contributed by atoms with Gasteiger partial charge in [-0.15, -0.1) is 0 Å². The number of amides is 2. The van der Waals surface area contributed by atoms with Crippen LogP contribution in [0.4, 0.5) is 18.9 Å². The van der Waals surface area contributed by atoms with Crippen molar-refractivity contribution in [3.8, 4) is 5.75 Å². The molecule has 1 aromatic carbocycles. The fourth-order valence-electron chi connectivity index (χ4n) is 2.04. The zero-order valence-corrected chi connectivity index (χ0v) is 15.5. The normalized spacial score (nSPS) is 11.1. The van der Waals surface area contributed by atoms with Crippen molar-refractivity contribution < 1.29 is 27.5 Å². The molecular weight excluding hydrogens is 405 g/mol. The summed E-state index contributed by atoms with van der Waals surface area (Å²) in [5.74, 6) is -0.788. The molecule has 1 heterocycles. The zero-order chi connectivity index (χ0) is 19.9. The van der Waals surface area contributed by atoms with Crippen molar-refractivity contribution in [1.29, 1.82) is 0 Å². The van der Waals surface area contributed by atoms with E-state index in [9.17, 15) is 22.8 Å². The number of carbonyl (C=O) groups is 2. The van der Waals surface area contributed by atoms with Gasteiger partial charge < -0.3 is 15.4 Å². The Balaban J connectivity index is 1.82. The lowest BCUT2D eigenvalue weighted by Gasteiger charge is -2.14. The van der Waals surface area contributed by atoms with Crippen LogP contribution >= 0.6 is 22.9 Å². The van der Waals surface area contributed by atoms with Gasteiger partial charge in [-0.2, -0.15) is 24.5 Å². The lowest BCUT2D eigenvalue weighted by Crippen LogP contribution is -2.25. The summed E-state index contributed by atoms with van der Waals surface area (Å²) in [7, 11) is 0. The van der Waals surface area contributed by atoms with Crippen LogP contribution < -0.4 is 15.4 Å². The van der Waals surface area contributed by atoms with Gasteiger partial charge in [0.25, 0.3) is 5.91 Å². The summed E-state index contributed by atoms with van der Waals surface area (Å²) in [5.41, 5.74) is 0.605. The summed E-state index contributed by atoms with van der Waals surface area (Å²) in [6, 6.07) is 5.62. The molecule has 0 saturated heterocycles. The van der Waals surface area contributed by atoms with Gasteiger partial charge in [0.1, 0.15) is 5.75 Å². The van der Waals surface area contributed by atoms with Crippen LogP contribution in [0, 0.1) is 0 Å². The third kappa shape index (κ3) is 7.48. The SMILES string of the molecule is O=C(CCCNC(=O)c1ccsc1)Nc1cc(Cl)ccc1OCC(F)(F)F. The Kier molecular flexibility index (Phi) is 7.49. The summed E-state index contributed by atoms with van der Waals surface area (Å²) in [5, 5.41) is 8.89. The number of thiophene rings is 1. The van der Waals surface area contributed by atoms with Gasteiger partial charge in [0, 0.05) is 28.9 Å². The molecule has 2 N–H and O–H groups in total. The molecule has 1 aromatic heterocycles. The van der Waals surface area contributed by atoms with E-state index in [1.165, 1.54) is 29.5 Å². The first-order valence-corrected chi connectivity index (χ1v) is 9.16. The van der Waals surface area contributed by atoms with E-state index in [-0.39, 0.29) is 35.3 Å². The van der Waals surface area contributed by atoms with Crippen LogP contribution in [0.15, 0.2) is 35.0 Å². The molecule has 0 bridgehead atoms. The second-order valence-electron chi connectivity index (χ2n) is 5.46. The van der Waals surface area contributed by atoms with E-state index in [2.05, 4.69) is 10.6 Å². The van der Waals surface area contributed by atoms with Gasteiger partial charge in [-0.05, 0) is 36.1 Å². The number of benzene rings is 1. The molecule has 5 nitrogen and oxygen atoms in total. The van der Waals surface area contributed by atoms with E-state index in [1.54, 1.807) is 16.8 Å². The lowest BCUT2D eigenvalue weighted by atomic mass is 10.2. The molecule has 0 unspecified atom stereocenters. The van der Waals surface area contributed by atoms with E-state index in [0.29, 0.717) is 12.0 Å². The summed E-state index contributed by atoms with van der Waals surface area (Å²) >= 11 is 7.23. The Bertz CT molecular complexity index is 782. The standard InChI is InChI=1S/C17H16ClF3N2O3S/c18-12-3-4-14(26-10-17(19,20)21)13(8-12)23-15(24)2-1-6-22-16(25)11-5-7-27-9-11/h3-5,7-9H,1-2,6,10H2,(H,22,25)(H,23,24). The Hall–Kier alpha value is -2.26. The number of nitrogens with one attached hydrogen (secondary N) is 2. The monoisotopic (exact) mass is 420 g/mol. The molecule has 0 aliphatic heterocycles. The van der Waals surface area contributed by atoms with Crippen LogP contribution in [-0.2, 0) is 4.79 Å². The van der Waals surface area contributed by atoms with Crippen molar-refractivity contribution in [3.05, 3.63) is 45.6 Å². The number of hydrogen-bond acceptors (Lipinski definition) is 4. The number of carbonyl (C=O) groups excluding carboxylic acids is 2. The Morgan fingerprint density at radius 1 is 1.22 bits per heavy atom. The average molecular weight is 421 g/mol. The van der Waals surface area contributed by atoms with Gasteiger partial charge in [0.2, 0.25) is 5.91 Å². The molecule has 2 rings (SSSR count). The quantitative estimate of drug-likeness (QED) is 0.618. The number of ether oxygens (including phenoxy) is 1. The van der Waals surface area contributed by atoms with Gasteiger partial charge in [-0.25, -0.2) is 0 Å². The van der Waals surface area contributed by atoms with Gasteiger partial charge in [0.05, 0.1) is 5.69 Å². The van der Waals surface area contributed by atoms with Crippen LogP contribution in [0.2, 0.25) is 5.02 Å². The minimum atomic E-state index is -4.50. The molecule has 0 fully saturated rings. The van der Waals surface area contributed by atoms with E-state index < -0.39 is 18.7 Å². The predicted molar refractivity (Wildman–Crippen MR) is 97.5 cm³/mol. The molecule has 2 aromatic rings. The summed E-state index contributed by atoms with van der Waals surface area (Å²) in [4.78, 5) is 23.8. The van der Waals surface area contributed by atoms with Crippen LogP contribution in [0.25, 0.3) is 0 Å². The van der Waals surface area contributed by atoms with Crippen LogP contribution in [0.1, 0.15) is 23.2 Å².